The summed E-state index contributed by atoms with van der Waals surface area (Å²) < 4.78 is 37.1. The highest BCUT2D eigenvalue weighted by atomic mass is 35.5. The van der Waals surface area contributed by atoms with Crippen LogP contribution >= 0.6 is 34.5 Å². The van der Waals surface area contributed by atoms with Crippen molar-refractivity contribution in [1.82, 2.24) is 4.98 Å². The van der Waals surface area contributed by atoms with Gasteiger partial charge in [0.05, 0.1) is 35.2 Å². The number of rotatable bonds is 6. The fourth-order valence-corrected chi connectivity index (χ4v) is 6.80. The van der Waals surface area contributed by atoms with Crippen molar-refractivity contribution < 1.29 is 17.9 Å². The molecule has 4 rings (SSSR count). The Kier molecular flexibility index (Phi) is 6.86. The Morgan fingerprint density at radius 1 is 1.03 bits per heavy atom. The molecule has 0 unspecified atom stereocenters. The normalized spacial score (nSPS) is 15.1. The number of benzene rings is 2. The summed E-state index contributed by atoms with van der Waals surface area (Å²) in [6, 6.07) is 10.2. The highest BCUT2D eigenvalue weighted by Gasteiger charge is 2.34. The van der Waals surface area contributed by atoms with Crippen molar-refractivity contribution in [3.05, 3.63) is 51.8 Å². The van der Waals surface area contributed by atoms with E-state index in [9.17, 15) is 8.42 Å². The number of thiazole rings is 1. The lowest BCUT2D eigenvalue weighted by molar-refractivity contribution is 0.385. The Hall–Kier alpha value is -2.00. The molecule has 6 nitrogen and oxygen atoms in total. The Morgan fingerprint density at radius 3 is 2.44 bits per heavy atom. The topological polar surface area (TPSA) is 68.7 Å². The summed E-state index contributed by atoms with van der Waals surface area (Å²) in [4.78, 5) is 7.06. The third-order valence-electron chi connectivity index (χ3n) is 5.54. The lowest BCUT2D eigenvalue weighted by atomic mass is 10.1. The van der Waals surface area contributed by atoms with E-state index in [1.807, 2.05) is 11.4 Å². The van der Waals surface area contributed by atoms with Gasteiger partial charge in [0.25, 0.3) is 0 Å². The molecule has 1 saturated heterocycles. The Labute approximate surface area is 201 Å². The van der Waals surface area contributed by atoms with Gasteiger partial charge >= 0.3 is 0 Å². The van der Waals surface area contributed by atoms with Gasteiger partial charge in [-0.05, 0) is 37.1 Å². The minimum atomic E-state index is -3.53. The van der Waals surface area contributed by atoms with E-state index in [1.165, 1.54) is 25.6 Å². The van der Waals surface area contributed by atoms with E-state index in [0.29, 0.717) is 47.5 Å². The zero-order valence-corrected chi connectivity index (χ0v) is 20.7. The van der Waals surface area contributed by atoms with Gasteiger partial charge in [-0.2, -0.15) is 0 Å². The van der Waals surface area contributed by atoms with Crippen molar-refractivity contribution in [3.63, 3.8) is 0 Å². The molecule has 3 aromatic rings. The first-order valence-electron chi connectivity index (χ1n) is 9.95. The fraction of sp³-hybridized carbons (Fsp3) is 0.318. The van der Waals surface area contributed by atoms with E-state index in [4.69, 9.17) is 37.7 Å². The number of nitrogens with zero attached hydrogens (tertiary/aromatic N) is 2. The molecule has 2 heterocycles. The number of hydrogen-bond donors (Lipinski definition) is 0. The van der Waals surface area contributed by atoms with Crippen LogP contribution in [0.25, 0.3) is 11.3 Å². The molecule has 0 saturated carbocycles. The zero-order valence-electron chi connectivity index (χ0n) is 17.5. The van der Waals surface area contributed by atoms with Gasteiger partial charge in [0.1, 0.15) is 16.4 Å². The monoisotopic (exact) mass is 512 g/mol. The predicted octanol–water partition coefficient (Wildman–Crippen LogP) is 5.58. The molecule has 0 N–H and O–H groups in total. The second kappa shape index (κ2) is 9.47. The molecule has 1 aliphatic rings. The summed E-state index contributed by atoms with van der Waals surface area (Å²) in [6.07, 6.45) is 1.03. The van der Waals surface area contributed by atoms with Crippen LogP contribution in [0.4, 0.5) is 5.13 Å². The highest BCUT2D eigenvalue weighted by molar-refractivity contribution is 7.92. The molecule has 2 aromatic carbocycles. The van der Waals surface area contributed by atoms with Crippen LogP contribution in [-0.4, -0.2) is 46.0 Å². The van der Waals surface area contributed by atoms with Crippen molar-refractivity contribution in [2.45, 2.75) is 23.0 Å². The molecular weight excluding hydrogens is 491 g/mol. The van der Waals surface area contributed by atoms with Crippen LogP contribution in [0.15, 0.2) is 46.7 Å². The molecular formula is C22H22Cl2N2O4S2. The average molecular weight is 513 g/mol. The zero-order chi connectivity index (χ0) is 22.9. The maximum absolute atomic E-state index is 13.3. The SMILES string of the molecule is COc1ccc(S(=O)(=O)C2CCN(c3nc(-c4ccc(Cl)c(Cl)c4)cs3)CC2)c(OC)c1. The van der Waals surface area contributed by atoms with Crippen LogP contribution < -0.4 is 14.4 Å². The van der Waals surface area contributed by atoms with Crippen molar-refractivity contribution in [1.29, 1.82) is 0 Å². The average Bonchev–Trinajstić information content (AvgIpc) is 3.30. The van der Waals surface area contributed by atoms with Gasteiger partial charge in [0.15, 0.2) is 15.0 Å². The lowest BCUT2D eigenvalue weighted by Gasteiger charge is -2.31. The summed E-state index contributed by atoms with van der Waals surface area (Å²) in [7, 11) is -0.539. The number of piperidine rings is 1. The summed E-state index contributed by atoms with van der Waals surface area (Å²) in [5, 5.41) is 3.35. The van der Waals surface area contributed by atoms with Gasteiger partial charge in [-0.3, -0.25) is 0 Å². The van der Waals surface area contributed by atoms with Crippen molar-refractivity contribution in [2.75, 3.05) is 32.2 Å². The number of hydrogen-bond acceptors (Lipinski definition) is 7. The number of halogens is 2. The molecule has 0 amide bonds. The highest BCUT2D eigenvalue weighted by Crippen LogP contribution is 2.36. The Bertz CT molecular complexity index is 1220. The Balaban J connectivity index is 1.48. The van der Waals surface area contributed by atoms with E-state index in [2.05, 4.69) is 4.90 Å². The molecule has 0 bridgehead atoms. The third kappa shape index (κ3) is 4.55. The summed E-state index contributed by atoms with van der Waals surface area (Å²) >= 11 is 13.7. The van der Waals surface area contributed by atoms with Gasteiger partial charge < -0.3 is 14.4 Å². The molecule has 1 aliphatic heterocycles. The predicted molar refractivity (Wildman–Crippen MR) is 130 cm³/mol. The van der Waals surface area contributed by atoms with E-state index in [-0.39, 0.29) is 4.90 Å². The van der Waals surface area contributed by atoms with Gasteiger partial charge in [0, 0.05) is 30.1 Å². The third-order valence-corrected chi connectivity index (χ3v) is 9.48. The maximum Gasteiger partial charge on any atom is 0.185 e. The van der Waals surface area contributed by atoms with E-state index in [1.54, 1.807) is 30.3 Å². The molecule has 170 valence electrons. The van der Waals surface area contributed by atoms with Gasteiger partial charge in [0.2, 0.25) is 0 Å². The van der Waals surface area contributed by atoms with Crippen LogP contribution in [0.3, 0.4) is 0 Å². The largest absolute Gasteiger partial charge is 0.497 e. The van der Waals surface area contributed by atoms with Crippen LogP contribution in [0.5, 0.6) is 11.5 Å². The molecule has 0 aliphatic carbocycles. The summed E-state index contributed by atoms with van der Waals surface area (Å²) in [5.74, 6) is 0.857. The van der Waals surface area contributed by atoms with Crippen molar-refractivity contribution >= 4 is 49.5 Å². The number of methoxy groups -OCH3 is 2. The molecule has 32 heavy (non-hydrogen) atoms. The van der Waals surface area contributed by atoms with Crippen LogP contribution in [0.2, 0.25) is 10.0 Å². The first kappa shape index (κ1) is 23.2. The second-order valence-electron chi connectivity index (χ2n) is 7.39. The minimum absolute atomic E-state index is 0.204. The number of aromatic nitrogens is 1. The van der Waals surface area contributed by atoms with Crippen LogP contribution in [0, 0.1) is 0 Å². The molecule has 10 heteroatoms. The van der Waals surface area contributed by atoms with Gasteiger partial charge in [-0.25, -0.2) is 13.4 Å². The maximum atomic E-state index is 13.3. The van der Waals surface area contributed by atoms with Crippen LogP contribution in [-0.2, 0) is 9.84 Å². The number of ether oxygens (including phenoxy) is 2. The Morgan fingerprint density at radius 2 is 1.78 bits per heavy atom. The molecule has 1 fully saturated rings. The quantitative estimate of drug-likeness (QED) is 0.429. The lowest BCUT2D eigenvalue weighted by Crippen LogP contribution is -2.39. The number of sulfone groups is 1. The standard InChI is InChI=1S/C22H22Cl2N2O4S2/c1-29-15-4-6-21(20(12-15)30-2)32(27,28)16-7-9-26(10-8-16)22-25-19(13-31-22)14-3-5-17(23)18(24)11-14/h3-6,11-13,16H,7-10H2,1-2H3. The summed E-state index contributed by atoms with van der Waals surface area (Å²) in [5.41, 5.74) is 1.72. The molecule has 1 aromatic heterocycles. The second-order valence-corrected chi connectivity index (χ2v) is 11.2. The first-order valence-corrected chi connectivity index (χ1v) is 13.1. The van der Waals surface area contributed by atoms with E-state index in [0.717, 1.165) is 16.4 Å². The fourth-order valence-electron chi connectivity index (χ4n) is 3.74. The van der Waals surface area contributed by atoms with Gasteiger partial charge in [-0.1, -0.05) is 29.3 Å². The summed E-state index contributed by atoms with van der Waals surface area (Å²) in [6.45, 7) is 1.22. The molecule has 0 radical (unpaired) electrons. The number of anilines is 1. The first-order chi connectivity index (χ1) is 15.3. The smallest absolute Gasteiger partial charge is 0.185 e. The van der Waals surface area contributed by atoms with E-state index < -0.39 is 15.1 Å². The van der Waals surface area contributed by atoms with Crippen molar-refractivity contribution in [3.8, 4) is 22.8 Å². The van der Waals surface area contributed by atoms with E-state index >= 15 is 0 Å². The van der Waals surface area contributed by atoms with Gasteiger partial charge in [-0.15, -0.1) is 11.3 Å². The van der Waals surface area contributed by atoms with Crippen molar-refractivity contribution in [2.24, 2.45) is 0 Å². The molecule has 0 atom stereocenters. The molecule has 0 spiro atoms. The van der Waals surface area contributed by atoms with Crippen LogP contribution in [0.1, 0.15) is 12.8 Å². The minimum Gasteiger partial charge on any atom is -0.497 e.